The number of oxazole rings is 1. The molecule has 1 aromatic carbocycles. The largest absolute Gasteiger partial charge is 0.441 e. The lowest BCUT2D eigenvalue weighted by Crippen LogP contribution is -2.17. The van der Waals surface area contributed by atoms with Crippen molar-refractivity contribution in [3.8, 4) is 0 Å². The lowest BCUT2D eigenvalue weighted by atomic mass is 9.84. The summed E-state index contributed by atoms with van der Waals surface area (Å²) in [6.45, 7) is 7.28. The highest BCUT2D eigenvalue weighted by molar-refractivity contribution is 5.73. The summed E-state index contributed by atoms with van der Waals surface area (Å²) >= 11 is 0. The van der Waals surface area contributed by atoms with Crippen LogP contribution in [0.25, 0.3) is 11.1 Å². The third-order valence-electron chi connectivity index (χ3n) is 3.42. The number of nitrogens with zero attached hydrogens (tertiary/aromatic N) is 1. The molecule has 2 rings (SSSR count). The maximum absolute atomic E-state index is 5.78. The van der Waals surface area contributed by atoms with Crippen LogP contribution in [0, 0.1) is 12.3 Å². The van der Waals surface area contributed by atoms with E-state index in [1.54, 1.807) is 0 Å². The standard InChI is InChI=1S/C15H22N2O/c1-11-4-5-12-13(10-11)18-14(17-12)6-7-15(2,3)8-9-16/h4-5,10H,6-9,16H2,1-3H3. The summed E-state index contributed by atoms with van der Waals surface area (Å²) in [6.07, 6.45) is 2.96. The van der Waals surface area contributed by atoms with Gasteiger partial charge in [-0.25, -0.2) is 4.98 Å². The fraction of sp³-hybridized carbons (Fsp3) is 0.533. The van der Waals surface area contributed by atoms with E-state index in [-0.39, 0.29) is 5.41 Å². The Hall–Kier alpha value is -1.35. The number of hydrogen-bond acceptors (Lipinski definition) is 3. The van der Waals surface area contributed by atoms with Crippen molar-refractivity contribution in [2.24, 2.45) is 11.1 Å². The lowest BCUT2D eigenvalue weighted by molar-refractivity contribution is 0.302. The molecule has 18 heavy (non-hydrogen) atoms. The molecule has 0 aliphatic heterocycles. The summed E-state index contributed by atoms with van der Waals surface area (Å²) in [6, 6.07) is 6.12. The minimum absolute atomic E-state index is 0.255. The Morgan fingerprint density at radius 2 is 2.06 bits per heavy atom. The van der Waals surface area contributed by atoms with E-state index in [4.69, 9.17) is 10.2 Å². The van der Waals surface area contributed by atoms with Crippen LogP contribution in [0.1, 0.15) is 38.1 Å². The summed E-state index contributed by atoms with van der Waals surface area (Å²) in [5.41, 5.74) is 8.92. The van der Waals surface area contributed by atoms with E-state index in [2.05, 4.69) is 31.8 Å². The van der Waals surface area contributed by atoms with Gasteiger partial charge in [0.1, 0.15) is 5.52 Å². The monoisotopic (exact) mass is 246 g/mol. The van der Waals surface area contributed by atoms with Gasteiger partial charge in [0.15, 0.2) is 11.5 Å². The highest BCUT2D eigenvalue weighted by Crippen LogP contribution is 2.27. The number of fused-ring (bicyclic) bond motifs is 1. The average Bonchev–Trinajstić information content (AvgIpc) is 2.68. The Labute approximate surface area is 108 Å². The van der Waals surface area contributed by atoms with Gasteiger partial charge in [0.05, 0.1) is 0 Å². The number of hydrogen-bond donors (Lipinski definition) is 1. The number of benzene rings is 1. The number of aromatic nitrogens is 1. The van der Waals surface area contributed by atoms with Gasteiger partial charge in [-0.2, -0.15) is 0 Å². The van der Waals surface area contributed by atoms with E-state index in [1.165, 1.54) is 5.56 Å². The molecule has 3 nitrogen and oxygen atoms in total. The van der Waals surface area contributed by atoms with Crippen molar-refractivity contribution in [2.75, 3.05) is 6.54 Å². The van der Waals surface area contributed by atoms with E-state index >= 15 is 0 Å². The second-order valence-electron chi connectivity index (χ2n) is 5.78. The van der Waals surface area contributed by atoms with Crippen LogP contribution < -0.4 is 5.73 Å². The molecule has 0 spiro atoms. The van der Waals surface area contributed by atoms with Crippen molar-refractivity contribution in [1.29, 1.82) is 0 Å². The van der Waals surface area contributed by atoms with Gasteiger partial charge in [-0.15, -0.1) is 0 Å². The first-order chi connectivity index (χ1) is 8.50. The average molecular weight is 246 g/mol. The van der Waals surface area contributed by atoms with Crippen LogP contribution in [0.15, 0.2) is 22.6 Å². The molecule has 1 aromatic heterocycles. The third-order valence-corrected chi connectivity index (χ3v) is 3.42. The van der Waals surface area contributed by atoms with Gasteiger partial charge >= 0.3 is 0 Å². The highest BCUT2D eigenvalue weighted by atomic mass is 16.3. The van der Waals surface area contributed by atoms with Gasteiger partial charge in [0, 0.05) is 6.42 Å². The molecular formula is C15H22N2O. The Morgan fingerprint density at radius 1 is 1.28 bits per heavy atom. The zero-order valence-electron chi connectivity index (χ0n) is 11.5. The molecule has 2 N–H and O–H groups in total. The van der Waals surface area contributed by atoms with Crippen LogP contribution in [0.4, 0.5) is 0 Å². The predicted molar refractivity (Wildman–Crippen MR) is 74.5 cm³/mol. The molecule has 0 fully saturated rings. The minimum atomic E-state index is 0.255. The second kappa shape index (κ2) is 5.11. The lowest BCUT2D eigenvalue weighted by Gasteiger charge is -2.22. The molecule has 0 aliphatic carbocycles. The Kier molecular flexibility index (Phi) is 3.71. The molecule has 0 aliphatic rings. The maximum atomic E-state index is 5.78. The predicted octanol–water partition coefficient (Wildman–Crippen LogP) is 3.44. The van der Waals surface area contributed by atoms with E-state index in [0.29, 0.717) is 0 Å². The summed E-state index contributed by atoms with van der Waals surface area (Å²) < 4.78 is 5.78. The molecule has 0 bridgehead atoms. The van der Waals surface area contributed by atoms with Crippen LogP contribution in [0.3, 0.4) is 0 Å². The van der Waals surface area contributed by atoms with E-state index in [9.17, 15) is 0 Å². The summed E-state index contributed by atoms with van der Waals surface area (Å²) in [7, 11) is 0. The van der Waals surface area contributed by atoms with E-state index in [1.807, 2.05) is 12.1 Å². The topological polar surface area (TPSA) is 52.0 Å². The molecule has 2 aromatic rings. The van der Waals surface area contributed by atoms with Gasteiger partial charge < -0.3 is 10.2 Å². The molecule has 0 saturated heterocycles. The van der Waals surface area contributed by atoms with Crippen molar-refractivity contribution < 1.29 is 4.42 Å². The summed E-state index contributed by atoms with van der Waals surface area (Å²) in [5.74, 6) is 0.834. The summed E-state index contributed by atoms with van der Waals surface area (Å²) in [5, 5.41) is 0. The van der Waals surface area contributed by atoms with Crippen molar-refractivity contribution in [2.45, 2.75) is 40.0 Å². The maximum Gasteiger partial charge on any atom is 0.195 e. The first-order valence-corrected chi connectivity index (χ1v) is 6.56. The minimum Gasteiger partial charge on any atom is -0.441 e. The number of rotatable bonds is 5. The first kappa shape index (κ1) is 13.1. The van der Waals surface area contributed by atoms with Gasteiger partial charge in [-0.05, 0) is 49.4 Å². The molecule has 3 heteroatoms. The molecule has 0 saturated carbocycles. The van der Waals surface area contributed by atoms with Crippen LogP contribution in [0.5, 0.6) is 0 Å². The molecule has 0 atom stereocenters. The van der Waals surface area contributed by atoms with Crippen molar-refractivity contribution in [3.63, 3.8) is 0 Å². The quantitative estimate of drug-likeness (QED) is 0.879. The Balaban J connectivity index is 2.08. The molecular weight excluding hydrogens is 224 g/mol. The van der Waals surface area contributed by atoms with E-state index < -0.39 is 0 Å². The third kappa shape index (κ3) is 3.10. The fourth-order valence-corrected chi connectivity index (χ4v) is 2.15. The number of nitrogens with two attached hydrogens (primary N) is 1. The smallest absolute Gasteiger partial charge is 0.195 e. The normalized spacial score (nSPS) is 12.2. The van der Waals surface area contributed by atoms with Gasteiger partial charge in [0.25, 0.3) is 0 Å². The summed E-state index contributed by atoms with van der Waals surface area (Å²) in [4.78, 5) is 4.52. The fourth-order valence-electron chi connectivity index (χ4n) is 2.15. The van der Waals surface area contributed by atoms with Crippen molar-refractivity contribution >= 4 is 11.1 Å². The molecule has 98 valence electrons. The van der Waals surface area contributed by atoms with Crippen molar-refractivity contribution in [1.82, 2.24) is 4.98 Å². The van der Waals surface area contributed by atoms with Crippen LogP contribution in [-0.2, 0) is 6.42 Å². The molecule has 0 radical (unpaired) electrons. The van der Waals surface area contributed by atoms with Gasteiger partial charge in [-0.3, -0.25) is 0 Å². The highest BCUT2D eigenvalue weighted by Gasteiger charge is 2.18. The first-order valence-electron chi connectivity index (χ1n) is 6.56. The Morgan fingerprint density at radius 3 is 2.78 bits per heavy atom. The Bertz CT molecular complexity index is 528. The second-order valence-corrected chi connectivity index (χ2v) is 5.78. The zero-order valence-corrected chi connectivity index (χ0v) is 11.5. The van der Waals surface area contributed by atoms with Gasteiger partial charge in [0.2, 0.25) is 0 Å². The zero-order chi connectivity index (χ0) is 13.2. The molecule has 0 unspecified atom stereocenters. The number of aryl methyl sites for hydroxylation is 2. The van der Waals surface area contributed by atoms with Gasteiger partial charge in [-0.1, -0.05) is 19.9 Å². The van der Waals surface area contributed by atoms with Crippen LogP contribution in [-0.4, -0.2) is 11.5 Å². The van der Waals surface area contributed by atoms with Crippen molar-refractivity contribution in [3.05, 3.63) is 29.7 Å². The molecule has 0 amide bonds. The van der Waals surface area contributed by atoms with Crippen LogP contribution in [0.2, 0.25) is 0 Å². The van der Waals surface area contributed by atoms with E-state index in [0.717, 1.165) is 42.8 Å². The van der Waals surface area contributed by atoms with Crippen LogP contribution >= 0.6 is 0 Å². The molecule has 1 heterocycles. The SMILES string of the molecule is Cc1ccc2nc(CCC(C)(C)CCN)oc2c1.